The third-order valence-corrected chi connectivity index (χ3v) is 4.67. The summed E-state index contributed by atoms with van der Waals surface area (Å²) in [6.45, 7) is 1.36. The molecule has 1 aromatic carbocycles. The number of nitrogens with one attached hydrogen (secondary N) is 1. The van der Waals surface area contributed by atoms with E-state index in [-0.39, 0.29) is 18.3 Å². The van der Waals surface area contributed by atoms with Gasteiger partial charge in [-0.25, -0.2) is 4.98 Å². The van der Waals surface area contributed by atoms with E-state index in [4.69, 9.17) is 19.6 Å². The molecule has 1 amide bonds. The van der Waals surface area contributed by atoms with Gasteiger partial charge in [-0.15, -0.1) is 0 Å². The summed E-state index contributed by atoms with van der Waals surface area (Å²) in [6, 6.07) is 11.1. The molecule has 0 spiro atoms. The van der Waals surface area contributed by atoms with E-state index in [0.29, 0.717) is 29.5 Å². The summed E-state index contributed by atoms with van der Waals surface area (Å²) in [5, 5.41) is 3.78. The Kier molecular flexibility index (Phi) is 5.16. The predicted octanol–water partition coefficient (Wildman–Crippen LogP) is 3.28. The number of anilines is 1. The van der Waals surface area contributed by atoms with Crippen molar-refractivity contribution in [3.8, 4) is 5.75 Å². The number of nitrogen functional groups attached to an aromatic ring is 1. The van der Waals surface area contributed by atoms with Crippen LogP contribution in [0.4, 0.5) is 5.82 Å². The Balaban J connectivity index is 1.39. The highest BCUT2D eigenvalue weighted by molar-refractivity contribution is 5.98. The van der Waals surface area contributed by atoms with Crippen molar-refractivity contribution < 1.29 is 18.7 Å². The second-order valence-corrected chi connectivity index (χ2v) is 7.02. The third kappa shape index (κ3) is 4.26. The van der Waals surface area contributed by atoms with Gasteiger partial charge in [-0.05, 0) is 49.1 Å². The number of carbonyl (C=O) groups is 1. The number of nitrogens with zero attached hydrogens (tertiary/aromatic N) is 1. The number of hydrogen-bond donors (Lipinski definition) is 2. The molecule has 0 bridgehead atoms. The Hall–Kier alpha value is -3.06. The maximum Gasteiger partial charge on any atom is 0.255 e. The van der Waals surface area contributed by atoms with Crippen molar-refractivity contribution in [1.82, 2.24) is 10.3 Å². The van der Waals surface area contributed by atoms with E-state index in [1.807, 2.05) is 24.3 Å². The standard InChI is InChI=1S/C21H23N3O4/c1-26-12-15-5-7-18(20(22)24-15)21(25)23-10-17-8-14-4-6-16(9-19(14)28-17)27-11-13-2-3-13/h4-9,13H,2-3,10-12H2,1H3,(H2,22,24)(H,23,25). The number of fused-ring (bicyclic) bond motifs is 1. The molecule has 0 atom stereocenters. The van der Waals surface area contributed by atoms with E-state index in [1.54, 1.807) is 19.2 Å². The lowest BCUT2D eigenvalue weighted by molar-refractivity contribution is 0.0948. The molecule has 146 valence electrons. The molecule has 3 aromatic rings. The Morgan fingerprint density at radius 2 is 2.14 bits per heavy atom. The van der Waals surface area contributed by atoms with Gasteiger partial charge in [0.2, 0.25) is 0 Å². The van der Waals surface area contributed by atoms with Crippen LogP contribution >= 0.6 is 0 Å². The normalized spacial score (nSPS) is 13.6. The summed E-state index contributed by atoms with van der Waals surface area (Å²) in [6.07, 6.45) is 2.50. The van der Waals surface area contributed by atoms with Crippen molar-refractivity contribution in [3.63, 3.8) is 0 Å². The zero-order valence-corrected chi connectivity index (χ0v) is 15.7. The molecule has 7 nitrogen and oxygen atoms in total. The van der Waals surface area contributed by atoms with Crippen molar-refractivity contribution in [2.75, 3.05) is 19.5 Å². The molecule has 4 rings (SSSR count). The van der Waals surface area contributed by atoms with Crippen LogP contribution < -0.4 is 15.8 Å². The third-order valence-electron chi connectivity index (χ3n) is 4.67. The van der Waals surface area contributed by atoms with E-state index in [9.17, 15) is 4.79 Å². The van der Waals surface area contributed by atoms with Crippen molar-refractivity contribution >= 4 is 22.7 Å². The summed E-state index contributed by atoms with van der Waals surface area (Å²) in [7, 11) is 1.58. The Morgan fingerprint density at radius 1 is 1.29 bits per heavy atom. The van der Waals surface area contributed by atoms with E-state index in [1.165, 1.54) is 12.8 Å². The number of amides is 1. The molecule has 0 unspecified atom stereocenters. The Labute approximate surface area is 162 Å². The topological polar surface area (TPSA) is 99.6 Å². The lowest BCUT2D eigenvalue weighted by atomic mass is 10.2. The average Bonchev–Trinajstić information content (AvgIpc) is 3.42. The summed E-state index contributed by atoms with van der Waals surface area (Å²) >= 11 is 0. The zero-order valence-electron chi connectivity index (χ0n) is 15.7. The first-order valence-corrected chi connectivity index (χ1v) is 9.30. The molecule has 0 saturated heterocycles. The number of ether oxygens (including phenoxy) is 2. The first-order valence-electron chi connectivity index (χ1n) is 9.30. The second-order valence-electron chi connectivity index (χ2n) is 7.02. The quantitative estimate of drug-likeness (QED) is 0.621. The van der Waals surface area contributed by atoms with Crippen LogP contribution in [-0.2, 0) is 17.9 Å². The summed E-state index contributed by atoms with van der Waals surface area (Å²) in [5.74, 6) is 2.03. The highest BCUT2D eigenvalue weighted by Crippen LogP contribution is 2.30. The van der Waals surface area contributed by atoms with E-state index in [0.717, 1.165) is 23.3 Å². The SMILES string of the molecule is COCc1ccc(C(=O)NCc2cc3ccc(OCC4CC4)cc3o2)c(N)n1. The molecule has 7 heteroatoms. The van der Waals surface area contributed by atoms with Crippen LogP contribution in [0.15, 0.2) is 40.8 Å². The van der Waals surface area contributed by atoms with Gasteiger partial charge in [0.1, 0.15) is 22.9 Å². The van der Waals surface area contributed by atoms with Crippen LogP contribution in [0.2, 0.25) is 0 Å². The van der Waals surface area contributed by atoms with Gasteiger partial charge in [-0.1, -0.05) is 0 Å². The minimum Gasteiger partial charge on any atom is -0.493 e. The second kappa shape index (κ2) is 7.90. The molecule has 2 aromatic heterocycles. The minimum atomic E-state index is -0.303. The van der Waals surface area contributed by atoms with Crippen molar-refractivity contribution in [2.45, 2.75) is 26.0 Å². The van der Waals surface area contributed by atoms with Gasteiger partial charge < -0.3 is 24.9 Å². The van der Waals surface area contributed by atoms with Gasteiger partial charge in [0.05, 0.1) is 31.0 Å². The molecule has 0 aliphatic heterocycles. The highest BCUT2D eigenvalue weighted by atomic mass is 16.5. The number of hydrogen-bond acceptors (Lipinski definition) is 6. The Morgan fingerprint density at radius 3 is 2.89 bits per heavy atom. The predicted molar refractivity (Wildman–Crippen MR) is 105 cm³/mol. The maximum absolute atomic E-state index is 12.4. The molecule has 1 fully saturated rings. The monoisotopic (exact) mass is 381 g/mol. The molecule has 1 aliphatic rings. The van der Waals surface area contributed by atoms with Crippen molar-refractivity contribution in [2.24, 2.45) is 5.92 Å². The number of aromatic nitrogens is 1. The van der Waals surface area contributed by atoms with Crippen LogP contribution in [-0.4, -0.2) is 24.6 Å². The van der Waals surface area contributed by atoms with Crippen LogP contribution in [0, 0.1) is 5.92 Å². The molecular formula is C21H23N3O4. The summed E-state index contributed by atoms with van der Waals surface area (Å²) in [5.41, 5.74) is 7.63. The van der Waals surface area contributed by atoms with Gasteiger partial charge in [0, 0.05) is 18.6 Å². The van der Waals surface area contributed by atoms with E-state index in [2.05, 4.69) is 10.3 Å². The van der Waals surface area contributed by atoms with Crippen LogP contribution in [0.25, 0.3) is 11.0 Å². The van der Waals surface area contributed by atoms with Crippen LogP contribution in [0.5, 0.6) is 5.75 Å². The van der Waals surface area contributed by atoms with E-state index >= 15 is 0 Å². The zero-order chi connectivity index (χ0) is 19.5. The number of nitrogens with two attached hydrogens (primary N) is 1. The van der Waals surface area contributed by atoms with Gasteiger partial charge in [-0.3, -0.25) is 4.79 Å². The first kappa shape index (κ1) is 18.3. The van der Waals surface area contributed by atoms with Gasteiger partial charge in [-0.2, -0.15) is 0 Å². The molecule has 28 heavy (non-hydrogen) atoms. The fourth-order valence-corrected chi connectivity index (χ4v) is 2.94. The molecule has 1 saturated carbocycles. The summed E-state index contributed by atoms with van der Waals surface area (Å²) < 4.78 is 16.6. The smallest absolute Gasteiger partial charge is 0.255 e. The minimum absolute atomic E-state index is 0.175. The number of benzene rings is 1. The molecule has 2 heterocycles. The molecule has 0 radical (unpaired) electrons. The van der Waals surface area contributed by atoms with Crippen molar-refractivity contribution in [3.05, 3.63) is 53.4 Å². The number of carbonyl (C=O) groups excluding carboxylic acids is 1. The molecular weight excluding hydrogens is 358 g/mol. The fraction of sp³-hybridized carbons (Fsp3) is 0.333. The number of methoxy groups -OCH3 is 1. The Bertz CT molecular complexity index is 994. The number of rotatable bonds is 8. The number of furan rings is 1. The molecule has 1 aliphatic carbocycles. The van der Waals surface area contributed by atoms with Crippen LogP contribution in [0.1, 0.15) is 34.7 Å². The van der Waals surface area contributed by atoms with Gasteiger partial charge >= 0.3 is 0 Å². The lowest BCUT2D eigenvalue weighted by Crippen LogP contribution is -2.24. The average molecular weight is 381 g/mol. The fourth-order valence-electron chi connectivity index (χ4n) is 2.94. The number of pyridine rings is 1. The van der Waals surface area contributed by atoms with Crippen LogP contribution in [0.3, 0.4) is 0 Å². The lowest BCUT2D eigenvalue weighted by Gasteiger charge is -2.07. The van der Waals surface area contributed by atoms with Crippen molar-refractivity contribution in [1.29, 1.82) is 0 Å². The van der Waals surface area contributed by atoms with Gasteiger partial charge in [0.15, 0.2) is 0 Å². The summed E-state index contributed by atoms with van der Waals surface area (Å²) in [4.78, 5) is 16.6. The largest absolute Gasteiger partial charge is 0.493 e. The van der Waals surface area contributed by atoms with E-state index < -0.39 is 0 Å². The first-order chi connectivity index (χ1) is 13.6. The van der Waals surface area contributed by atoms with Gasteiger partial charge in [0.25, 0.3) is 5.91 Å². The maximum atomic E-state index is 12.4. The molecule has 3 N–H and O–H groups in total. The highest BCUT2D eigenvalue weighted by Gasteiger charge is 2.22.